The van der Waals surface area contributed by atoms with Gasteiger partial charge >= 0.3 is 5.97 Å². The van der Waals surface area contributed by atoms with E-state index in [9.17, 15) is 14.7 Å². The molecule has 0 saturated carbocycles. The number of rotatable bonds is 4. The molecule has 0 radical (unpaired) electrons. The summed E-state index contributed by atoms with van der Waals surface area (Å²) in [5.74, 6) is -0.798. The molecule has 4 rings (SSSR count). The van der Waals surface area contributed by atoms with Gasteiger partial charge in [-0.1, -0.05) is 30.3 Å². The van der Waals surface area contributed by atoms with E-state index >= 15 is 0 Å². The second-order valence-corrected chi connectivity index (χ2v) is 6.77. The number of carbonyl (C=O) groups is 2. The summed E-state index contributed by atoms with van der Waals surface area (Å²) in [4.78, 5) is 27.3. The highest BCUT2D eigenvalue weighted by atomic mass is 16.5. The molecular formula is C17H19N5O4. The highest BCUT2D eigenvalue weighted by Crippen LogP contribution is 2.42. The van der Waals surface area contributed by atoms with Gasteiger partial charge in [-0.25, -0.2) is 0 Å². The Balaban J connectivity index is 1.46. The Morgan fingerprint density at radius 2 is 2.12 bits per heavy atom. The molecule has 3 heterocycles. The van der Waals surface area contributed by atoms with Crippen molar-refractivity contribution in [3.63, 3.8) is 0 Å². The van der Waals surface area contributed by atoms with Gasteiger partial charge in [0.1, 0.15) is 6.54 Å². The first kappa shape index (κ1) is 16.6. The molecule has 9 nitrogen and oxygen atoms in total. The van der Waals surface area contributed by atoms with Gasteiger partial charge in [0, 0.05) is 31.2 Å². The van der Waals surface area contributed by atoms with E-state index in [2.05, 4.69) is 15.4 Å². The smallest absolute Gasteiger partial charge is 0.311 e. The Morgan fingerprint density at radius 3 is 2.85 bits per heavy atom. The number of aromatic nitrogens is 4. The Hall–Kier alpha value is -2.81. The lowest BCUT2D eigenvalue weighted by Gasteiger charge is -2.33. The van der Waals surface area contributed by atoms with Gasteiger partial charge in [-0.15, -0.1) is 10.2 Å². The molecule has 26 heavy (non-hydrogen) atoms. The Labute approximate surface area is 149 Å². The normalized spacial score (nSPS) is 25.1. The first-order valence-corrected chi connectivity index (χ1v) is 8.51. The molecule has 0 spiro atoms. The van der Waals surface area contributed by atoms with Crippen molar-refractivity contribution in [2.24, 2.45) is 11.3 Å². The first-order valence-electron chi connectivity index (χ1n) is 8.51. The van der Waals surface area contributed by atoms with E-state index in [1.165, 1.54) is 4.80 Å². The maximum absolute atomic E-state index is 12.6. The SMILES string of the molecule is O=C(Cn1nnc(-c2ccccc2)n1)N1C[C@H]2COCC[C@@]2(C(=O)O)C1. The molecule has 1 aromatic heterocycles. The van der Waals surface area contributed by atoms with E-state index in [4.69, 9.17) is 4.74 Å². The third kappa shape index (κ3) is 2.84. The minimum Gasteiger partial charge on any atom is -0.481 e. The molecule has 0 bridgehead atoms. The van der Waals surface area contributed by atoms with Crippen LogP contribution >= 0.6 is 0 Å². The fraction of sp³-hybridized carbons (Fsp3) is 0.471. The van der Waals surface area contributed by atoms with Gasteiger partial charge in [-0.05, 0) is 11.6 Å². The summed E-state index contributed by atoms with van der Waals surface area (Å²) in [5, 5.41) is 21.8. The van der Waals surface area contributed by atoms with Crippen LogP contribution in [0.5, 0.6) is 0 Å². The predicted octanol–water partition coefficient (Wildman–Crippen LogP) is 0.290. The second kappa shape index (κ2) is 6.49. The molecule has 0 aliphatic carbocycles. The van der Waals surface area contributed by atoms with Crippen LogP contribution in [0, 0.1) is 11.3 Å². The van der Waals surface area contributed by atoms with Crippen molar-refractivity contribution in [1.82, 2.24) is 25.1 Å². The maximum Gasteiger partial charge on any atom is 0.311 e. The first-order chi connectivity index (χ1) is 12.6. The van der Waals surface area contributed by atoms with E-state index < -0.39 is 11.4 Å². The van der Waals surface area contributed by atoms with Gasteiger partial charge in [-0.3, -0.25) is 9.59 Å². The van der Waals surface area contributed by atoms with Crippen LogP contribution < -0.4 is 0 Å². The molecule has 9 heteroatoms. The van der Waals surface area contributed by atoms with Gasteiger partial charge in [0.05, 0.1) is 12.0 Å². The van der Waals surface area contributed by atoms with Crippen molar-refractivity contribution in [2.75, 3.05) is 26.3 Å². The third-order valence-electron chi connectivity index (χ3n) is 5.25. The minimum atomic E-state index is -0.904. The van der Waals surface area contributed by atoms with Gasteiger partial charge < -0.3 is 14.7 Å². The van der Waals surface area contributed by atoms with Crippen molar-refractivity contribution in [1.29, 1.82) is 0 Å². The number of hydrogen-bond donors (Lipinski definition) is 1. The number of tetrazole rings is 1. The fourth-order valence-electron chi connectivity index (χ4n) is 3.72. The lowest BCUT2D eigenvalue weighted by molar-refractivity contribution is -0.157. The number of ether oxygens (including phenoxy) is 1. The molecule has 2 aromatic rings. The average molecular weight is 357 g/mol. The summed E-state index contributed by atoms with van der Waals surface area (Å²) in [6.07, 6.45) is 0.427. The highest BCUT2D eigenvalue weighted by molar-refractivity contribution is 5.81. The number of fused-ring (bicyclic) bond motifs is 1. The monoisotopic (exact) mass is 357 g/mol. The summed E-state index contributed by atoms with van der Waals surface area (Å²) in [5.41, 5.74) is -0.0841. The molecule has 0 unspecified atom stereocenters. The maximum atomic E-state index is 12.6. The molecule has 1 N–H and O–H groups in total. The van der Waals surface area contributed by atoms with Crippen LogP contribution in [-0.4, -0.2) is 68.4 Å². The summed E-state index contributed by atoms with van der Waals surface area (Å²) in [6, 6.07) is 9.38. The minimum absolute atomic E-state index is 0.0664. The summed E-state index contributed by atoms with van der Waals surface area (Å²) in [6.45, 7) is 1.30. The van der Waals surface area contributed by atoms with Crippen LogP contribution in [0.1, 0.15) is 6.42 Å². The van der Waals surface area contributed by atoms with Crippen LogP contribution in [0.3, 0.4) is 0 Å². The molecule has 136 valence electrons. The van der Waals surface area contributed by atoms with Crippen molar-refractivity contribution >= 4 is 11.9 Å². The van der Waals surface area contributed by atoms with Crippen LogP contribution in [-0.2, 0) is 20.9 Å². The second-order valence-electron chi connectivity index (χ2n) is 6.77. The molecule has 2 fully saturated rings. The Bertz CT molecular complexity index is 824. The molecule has 2 aliphatic rings. The van der Waals surface area contributed by atoms with Crippen molar-refractivity contribution < 1.29 is 19.4 Å². The standard InChI is InChI=1S/C17H19N5O4/c23-14(9-22-19-15(18-20-22)12-4-2-1-3-5-12)21-8-13-10-26-7-6-17(13,11-21)16(24)25/h1-5,13H,6-11H2,(H,24,25)/t13-,17+/m0/s1. The van der Waals surface area contributed by atoms with Crippen molar-refractivity contribution in [3.05, 3.63) is 30.3 Å². The number of carboxylic acid groups (broad SMARTS) is 1. The number of likely N-dealkylation sites (tertiary alicyclic amines) is 1. The van der Waals surface area contributed by atoms with E-state index in [1.54, 1.807) is 4.90 Å². The number of hydrogen-bond acceptors (Lipinski definition) is 6. The van der Waals surface area contributed by atoms with E-state index in [1.807, 2.05) is 30.3 Å². The molecular weight excluding hydrogens is 338 g/mol. The highest BCUT2D eigenvalue weighted by Gasteiger charge is 2.54. The summed E-state index contributed by atoms with van der Waals surface area (Å²) < 4.78 is 5.42. The van der Waals surface area contributed by atoms with Crippen molar-refractivity contribution in [3.8, 4) is 11.4 Å². The van der Waals surface area contributed by atoms with Gasteiger partial charge in [-0.2, -0.15) is 4.80 Å². The fourth-order valence-corrected chi connectivity index (χ4v) is 3.72. The average Bonchev–Trinajstić information content (AvgIpc) is 3.27. The molecule has 1 aromatic carbocycles. The number of carbonyl (C=O) groups excluding carboxylic acids is 1. The predicted molar refractivity (Wildman–Crippen MR) is 88.8 cm³/mol. The quantitative estimate of drug-likeness (QED) is 0.837. The summed E-state index contributed by atoms with van der Waals surface area (Å²) >= 11 is 0. The van der Waals surface area contributed by atoms with Gasteiger partial charge in [0.15, 0.2) is 0 Å². The van der Waals surface area contributed by atoms with E-state index in [0.29, 0.717) is 32.0 Å². The third-order valence-corrected chi connectivity index (χ3v) is 5.25. The number of amides is 1. The molecule has 2 aliphatic heterocycles. The summed E-state index contributed by atoms with van der Waals surface area (Å²) in [7, 11) is 0. The number of aliphatic carboxylic acids is 1. The largest absolute Gasteiger partial charge is 0.481 e. The van der Waals surface area contributed by atoms with E-state index in [0.717, 1.165) is 5.56 Å². The van der Waals surface area contributed by atoms with Gasteiger partial charge in [0.25, 0.3) is 0 Å². The van der Waals surface area contributed by atoms with Crippen LogP contribution in [0.4, 0.5) is 0 Å². The van der Waals surface area contributed by atoms with E-state index in [-0.39, 0.29) is 24.9 Å². The van der Waals surface area contributed by atoms with Crippen molar-refractivity contribution in [2.45, 2.75) is 13.0 Å². The zero-order valence-corrected chi connectivity index (χ0v) is 14.1. The van der Waals surface area contributed by atoms with Crippen LogP contribution in [0.25, 0.3) is 11.4 Å². The molecule has 2 atom stereocenters. The lowest BCUT2D eigenvalue weighted by Crippen LogP contribution is -2.45. The zero-order chi connectivity index (χ0) is 18.1. The zero-order valence-electron chi connectivity index (χ0n) is 14.1. The topological polar surface area (TPSA) is 110 Å². The Morgan fingerprint density at radius 1 is 1.31 bits per heavy atom. The lowest BCUT2D eigenvalue weighted by atomic mass is 9.74. The van der Waals surface area contributed by atoms with Gasteiger partial charge in [0.2, 0.25) is 11.7 Å². The van der Waals surface area contributed by atoms with Crippen LogP contribution in [0.15, 0.2) is 30.3 Å². The Kier molecular flexibility index (Phi) is 4.15. The number of benzene rings is 1. The molecule has 2 saturated heterocycles. The van der Waals surface area contributed by atoms with Crippen LogP contribution in [0.2, 0.25) is 0 Å². The molecule has 1 amide bonds. The number of nitrogens with zero attached hydrogens (tertiary/aromatic N) is 5. The number of carboxylic acids is 1.